The number of hydrogen-bond donors (Lipinski definition) is 0. The second kappa shape index (κ2) is 6.19. The van der Waals surface area contributed by atoms with Crippen LogP contribution in [0.4, 0.5) is 0 Å². The first-order valence-corrected chi connectivity index (χ1v) is 8.49. The highest BCUT2D eigenvalue weighted by Crippen LogP contribution is 2.25. The van der Waals surface area contributed by atoms with E-state index in [4.69, 9.17) is 27.4 Å². The number of pyridine rings is 1. The molecular weight excluding hydrogens is 361 g/mol. The van der Waals surface area contributed by atoms with Crippen LogP contribution in [0.2, 0.25) is 10.3 Å². The number of hydrogen-bond acceptors (Lipinski definition) is 5. The maximum Gasteiger partial charge on any atom is 0.342 e. The average molecular weight is 370 g/mol. The third-order valence-corrected chi connectivity index (χ3v) is 4.75. The molecule has 118 valence electrons. The van der Waals surface area contributed by atoms with Gasteiger partial charge in [0.25, 0.3) is 0 Å². The summed E-state index contributed by atoms with van der Waals surface area (Å²) in [7, 11) is -4.10. The van der Waals surface area contributed by atoms with Gasteiger partial charge in [-0.2, -0.15) is 13.5 Å². The van der Waals surface area contributed by atoms with Crippen molar-refractivity contribution in [2.75, 3.05) is 0 Å². The van der Waals surface area contributed by atoms with Crippen molar-refractivity contribution in [1.82, 2.24) is 14.8 Å². The second-order valence-electron chi connectivity index (χ2n) is 4.40. The Labute approximate surface area is 142 Å². The summed E-state index contributed by atoms with van der Waals surface area (Å²) in [4.78, 5) is 3.44. The minimum atomic E-state index is -4.10. The maximum atomic E-state index is 12.2. The van der Waals surface area contributed by atoms with Crippen LogP contribution in [-0.4, -0.2) is 23.2 Å². The van der Waals surface area contributed by atoms with Crippen LogP contribution >= 0.6 is 23.2 Å². The molecule has 2 aromatic heterocycles. The standard InChI is InChI=1S/C14H9Cl2N3O3S/c15-13-7-6-12(14(16)18-13)23(20,21)22-11-4-2-10(3-5-11)19-9-1-8-17-19/h1-9H. The fraction of sp³-hybridized carbons (Fsp3) is 0. The molecule has 0 unspecified atom stereocenters. The Bertz CT molecular complexity index is 926. The SMILES string of the molecule is O=S(=O)(Oc1ccc(-n2cccn2)cc1)c1ccc(Cl)nc1Cl. The van der Waals surface area contributed by atoms with Crippen LogP contribution in [0.15, 0.2) is 59.8 Å². The minimum absolute atomic E-state index is 0.0949. The van der Waals surface area contributed by atoms with E-state index in [1.165, 1.54) is 24.3 Å². The molecule has 0 spiro atoms. The molecule has 0 bridgehead atoms. The van der Waals surface area contributed by atoms with Crippen molar-refractivity contribution in [3.63, 3.8) is 0 Å². The van der Waals surface area contributed by atoms with Crippen LogP contribution in [0.1, 0.15) is 0 Å². The molecule has 1 aromatic carbocycles. The summed E-state index contributed by atoms with van der Waals surface area (Å²) < 4.78 is 31.2. The summed E-state index contributed by atoms with van der Waals surface area (Å²) in [5.41, 5.74) is 0.769. The van der Waals surface area contributed by atoms with E-state index < -0.39 is 10.1 Å². The van der Waals surface area contributed by atoms with Gasteiger partial charge in [0, 0.05) is 12.4 Å². The van der Waals surface area contributed by atoms with Crippen LogP contribution in [0.25, 0.3) is 5.69 Å². The molecule has 9 heteroatoms. The van der Waals surface area contributed by atoms with Gasteiger partial charge >= 0.3 is 10.1 Å². The smallest absolute Gasteiger partial charge is 0.342 e. The van der Waals surface area contributed by atoms with Crippen LogP contribution in [-0.2, 0) is 10.1 Å². The Morgan fingerprint density at radius 3 is 2.39 bits per heavy atom. The van der Waals surface area contributed by atoms with Gasteiger partial charge in [-0.05, 0) is 42.5 Å². The van der Waals surface area contributed by atoms with Gasteiger partial charge in [0.05, 0.1) is 5.69 Å². The summed E-state index contributed by atoms with van der Waals surface area (Å²) in [6, 6.07) is 10.7. The first-order chi connectivity index (χ1) is 11.0. The Hall–Kier alpha value is -2.09. The lowest BCUT2D eigenvalue weighted by Gasteiger charge is -2.09. The number of nitrogens with zero attached hydrogens (tertiary/aromatic N) is 3. The van der Waals surface area contributed by atoms with Crippen molar-refractivity contribution in [2.45, 2.75) is 4.90 Å². The molecule has 0 aliphatic heterocycles. The first-order valence-electron chi connectivity index (χ1n) is 6.32. The Balaban J connectivity index is 1.86. The highest BCUT2D eigenvalue weighted by atomic mass is 35.5. The van der Waals surface area contributed by atoms with Crippen LogP contribution < -0.4 is 4.18 Å². The topological polar surface area (TPSA) is 74.1 Å². The van der Waals surface area contributed by atoms with Crippen LogP contribution in [0, 0.1) is 0 Å². The summed E-state index contributed by atoms with van der Waals surface area (Å²) in [6.45, 7) is 0. The molecule has 0 atom stereocenters. The molecular formula is C14H9Cl2N3O3S. The second-order valence-corrected chi connectivity index (χ2v) is 6.66. The minimum Gasteiger partial charge on any atom is -0.379 e. The fourth-order valence-corrected chi connectivity index (χ4v) is 3.40. The van der Waals surface area contributed by atoms with E-state index in [1.54, 1.807) is 35.3 Å². The van der Waals surface area contributed by atoms with E-state index >= 15 is 0 Å². The van der Waals surface area contributed by atoms with E-state index in [1.807, 2.05) is 0 Å². The van der Waals surface area contributed by atoms with E-state index in [2.05, 4.69) is 10.1 Å². The van der Waals surface area contributed by atoms with E-state index in [0.717, 1.165) is 5.69 Å². The van der Waals surface area contributed by atoms with Gasteiger partial charge in [0.2, 0.25) is 0 Å². The van der Waals surface area contributed by atoms with Crippen molar-refractivity contribution < 1.29 is 12.6 Å². The lowest BCUT2D eigenvalue weighted by atomic mass is 10.3. The normalized spacial score (nSPS) is 11.4. The van der Waals surface area contributed by atoms with Gasteiger partial charge in [-0.1, -0.05) is 23.2 Å². The number of rotatable bonds is 4. The third kappa shape index (κ3) is 3.47. The third-order valence-electron chi connectivity index (χ3n) is 2.86. The molecule has 0 radical (unpaired) electrons. The Kier molecular flexibility index (Phi) is 4.25. The van der Waals surface area contributed by atoms with Crippen molar-refractivity contribution in [1.29, 1.82) is 0 Å². The molecule has 0 saturated carbocycles. The molecule has 0 aliphatic rings. The molecule has 0 saturated heterocycles. The van der Waals surface area contributed by atoms with Gasteiger partial charge in [0.15, 0.2) is 5.15 Å². The average Bonchev–Trinajstić information content (AvgIpc) is 3.01. The summed E-state index contributed by atoms with van der Waals surface area (Å²) in [5.74, 6) is 0.145. The number of aromatic nitrogens is 3. The van der Waals surface area contributed by atoms with Gasteiger partial charge in [0.1, 0.15) is 15.8 Å². The zero-order valence-corrected chi connectivity index (χ0v) is 13.8. The molecule has 3 rings (SSSR count). The molecule has 3 aromatic rings. The first kappa shape index (κ1) is 15.8. The van der Waals surface area contributed by atoms with Gasteiger partial charge < -0.3 is 4.18 Å². The quantitative estimate of drug-likeness (QED) is 0.520. The summed E-state index contributed by atoms with van der Waals surface area (Å²) in [6.07, 6.45) is 3.41. The molecule has 0 amide bonds. The maximum absolute atomic E-state index is 12.2. The van der Waals surface area contributed by atoms with Crippen molar-refractivity contribution in [3.8, 4) is 11.4 Å². The van der Waals surface area contributed by atoms with Crippen LogP contribution in [0.5, 0.6) is 5.75 Å². The van der Waals surface area contributed by atoms with Gasteiger partial charge in [-0.3, -0.25) is 0 Å². The fourth-order valence-electron chi connectivity index (χ4n) is 1.83. The predicted octanol–water partition coefficient (Wildman–Crippen LogP) is 3.34. The molecule has 0 aliphatic carbocycles. The number of halogens is 2. The lowest BCUT2D eigenvalue weighted by Crippen LogP contribution is -2.11. The van der Waals surface area contributed by atoms with Crippen molar-refractivity contribution in [2.24, 2.45) is 0 Å². The van der Waals surface area contributed by atoms with E-state index in [0.29, 0.717) is 0 Å². The zero-order chi connectivity index (χ0) is 16.4. The molecule has 0 fully saturated rings. The van der Waals surface area contributed by atoms with Crippen molar-refractivity contribution >= 4 is 33.3 Å². The van der Waals surface area contributed by atoms with E-state index in [-0.39, 0.29) is 21.0 Å². The molecule has 0 N–H and O–H groups in total. The highest BCUT2D eigenvalue weighted by Gasteiger charge is 2.21. The largest absolute Gasteiger partial charge is 0.379 e. The highest BCUT2D eigenvalue weighted by molar-refractivity contribution is 7.87. The Morgan fingerprint density at radius 2 is 1.78 bits per heavy atom. The molecule has 6 nitrogen and oxygen atoms in total. The molecule has 2 heterocycles. The monoisotopic (exact) mass is 369 g/mol. The predicted molar refractivity (Wildman–Crippen MR) is 85.6 cm³/mol. The Morgan fingerprint density at radius 1 is 1.04 bits per heavy atom. The number of benzene rings is 1. The van der Waals surface area contributed by atoms with Gasteiger partial charge in [-0.25, -0.2) is 9.67 Å². The zero-order valence-electron chi connectivity index (χ0n) is 11.4. The summed E-state index contributed by atoms with van der Waals surface area (Å²) in [5, 5.41) is 3.93. The van der Waals surface area contributed by atoms with Crippen LogP contribution in [0.3, 0.4) is 0 Å². The summed E-state index contributed by atoms with van der Waals surface area (Å²) >= 11 is 11.5. The van der Waals surface area contributed by atoms with E-state index in [9.17, 15) is 8.42 Å². The lowest BCUT2D eigenvalue weighted by molar-refractivity contribution is 0.485. The van der Waals surface area contributed by atoms with Gasteiger partial charge in [-0.15, -0.1) is 0 Å². The molecule has 23 heavy (non-hydrogen) atoms. The van der Waals surface area contributed by atoms with Crippen molar-refractivity contribution in [3.05, 3.63) is 65.2 Å².